The van der Waals surface area contributed by atoms with Crippen LogP contribution in [0.5, 0.6) is 5.75 Å². The van der Waals surface area contributed by atoms with Gasteiger partial charge < -0.3 is 15.4 Å². The van der Waals surface area contributed by atoms with E-state index in [1.54, 1.807) is 5.38 Å². The number of amides is 1. The third-order valence-corrected chi connectivity index (χ3v) is 4.85. The number of aryl methyl sites for hydroxylation is 1. The first kappa shape index (κ1) is 21.6. The molecule has 0 unspecified atom stereocenters. The van der Waals surface area contributed by atoms with Gasteiger partial charge in [0, 0.05) is 17.6 Å². The van der Waals surface area contributed by atoms with Gasteiger partial charge in [-0.3, -0.25) is 4.79 Å². The minimum atomic E-state index is -4.72. The van der Waals surface area contributed by atoms with Crippen molar-refractivity contribution in [1.29, 1.82) is 0 Å². The highest BCUT2D eigenvalue weighted by atomic mass is 32.1. The lowest BCUT2D eigenvalue weighted by Gasteiger charge is -2.09. The zero-order chi connectivity index (χ0) is 21.4. The summed E-state index contributed by atoms with van der Waals surface area (Å²) in [5.41, 5.74) is 2.43. The molecule has 2 N–H and O–H groups in total. The van der Waals surface area contributed by atoms with Crippen molar-refractivity contribution in [3.05, 3.63) is 71.2 Å². The fraction of sp³-hybridized carbons (Fsp3) is 0.238. The number of carbonyl (C=O) groups excluding carboxylic acids is 1. The first-order chi connectivity index (χ1) is 14.4. The van der Waals surface area contributed by atoms with Crippen molar-refractivity contribution in [2.24, 2.45) is 0 Å². The lowest BCUT2D eigenvalue weighted by molar-refractivity contribution is -0.274. The molecule has 0 aliphatic rings. The van der Waals surface area contributed by atoms with Crippen molar-refractivity contribution in [1.82, 2.24) is 10.3 Å². The molecule has 3 aromatic rings. The SMILES string of the molecule is O=C(Cc1csc(Nc2ccc(OC(F)(F)F)cc2)n1)NCCCc1ccccc1. The molecule has 9 heteroatoms. The van der Waals surface area contributed by atoms with E-state index < -0.39 is 6.36 Å². The molecule has 0 spiro atoms. The molecule has 2 aromatic carbocycles. The average Bonchev–Trinajstić information content (AvgIpc) is 3.13. The molecule has 0 bridgehead atoms. The summed E-state index contributed by atoms with van der Waals surface area (Å²) in [7, 11) is 0. The van der Waals surface area contributed by atoms with E-state index >= 15 is 0 Å². The topological polar surface area (TPSA) is 63.2 Å². The summed E-state index contributed by atoms with van der Waals surface area (Å²) in [5, 5.41) is 8.20. The Labute approximate surface area is 175 Å². The quantitative estimate of drug-likeness (QED) is 0.461. The van der Waals surface area contributed by atoms with Crippen molar-refractivity contribution in [2.75, 3.05) is 11.9 Å². The number of nitrogens with zero attached hydrogens (tertiary/aromatic N) is 1. The minimum absolute atomic E-state index is 0.103. The highest BCUT2D eigenvalue weighted by Gasteiger charge is 2.30. The molecule has 0 aliphatic heterocycles. The van der Waals surface area contributed by atoms with Gasteiger partial charge in [0.2, 0.25) is 5.91 Å². The molecule has 0 aliphatic carbocycles. The maximum atomic E-state index is 12.2. The number of nitrogens with one attached hydrogen (secondary N) is 2. The maximum Gasteiger partial charge on any atom is 0.573 e. The summed E-state index contributed by atoms with van der Waals surface area (Å²) in [5.74, 6) is -0.398. The van der Waals surface area contributed by atoms with Crippen LogP contribution in [0.2, 0.25) is 0 Å². The molecular weight excluding hydrogens is 415 g/mol. The van der Waals surface area contributed by atoms with E-state index in [0.29, 0.717) is 23.1 Å². The van der Waals surface area contributed by atoms with Crippen LogP contribution < -0.4 is 15.4 Å². The Hall–Kier alpha value is -3.07. The second-order valence-corrected chi connectivity index (χ2v) is 7.32. The van der Waals surface area contributed by atoms with E-state index in [9.17, 15) is 18.0 Å². The van der Waals surface area contributed by atoms with Crippen molar-refractivity contribution < 1.29 is 22.7 Å². The van der Waals surface area contributed by atoms with Gasteiger partial charge >= 0.3 is 6.36 Å². The number of rotatable bonds is 9. The molecule has 5 nitrogen and oxygen atoms in total. The van der Waals surface area contributed by atoms with E-state index in [1.807, 2.05) is 18.2 Å². The molecule has 0 atom stereocenters. The van der Waals surface area contributed by atoms with E-state index in [-0.39, 0.29) is 18.1 Å². The second-order valence-electron chi connectivity index (χ2n) is 6.46. The van der Waals surface area contributed by atoms with Crippen LogP contribution in [0.25, 0.3) is 0 Å². The lowest BCUT2D eigenvalue weighted by Crippen LogP contribution is -2.26. The molecule has 1 aromatic heterocycles. The predicted octanol–water partition coefficient (Wildman–Crippen LogP) is 5.08. The third-order valence-electron chi connectivity index (χ3n) is 4.04. The Morgan fingerprint density at radius 3 is 2.50 bits per heavy atom. The number of alkyl halides is 3. The van der Waals surface area contributed by atoms with E-state index in [0.717, 1.165) is 12.8 Å². The molecular formula is C21H20F3N3O2S. The Balaban J connectivity index is 1.41. The van der Waals surface area contributed by atoms with Gasteiger partial charge in [-0.05, 0) is 42.7 Å². The fourth-order valence-electron chi connectivity index (χ4n) is 2.70. The number of anilines is 2. The van der Waals surface area contributed by atoms with Crippen molar-refractivity contribution in [3.8, 4) is 5.75 Å². The highest BCUT2D eigenvalue weighted by molar-refractivity contribution is 7.13. The summed E-state index contributed by atoms with van der Waals surface area (Å²) in [4.78, 5) is 16.4. The maximum absolute atomic E-state index is 12.2. The molecule has 0 fully saturated rings. The van der Waals surface area contributed by atoms with E-state index in [1.165, 1.54) is 41.2 Å². The molecule has 0 radical (unpaired) electrons. The average molecular weight is 435 g/mol. The molecule has 1 heterocycles. The third kappa shape index (κ3) is 7.40. The minimum Gasteiger partial charge on any atom is -0.406 e. The predicted molar refractivity (Wildman–Crippen MR) is 110 cm³/mol. The number of hydrogen-bond acceptors (Lipinski definition) is 5. The number of benzene rings is 2. The largest absolute Gasteiger partial charge is 0.573 e. The summed E-state index contributed by atoms with van der Waals surface area (Å²) in [6.07, 6.45) is -2.80. The highest BCUT2D eigenvalue weighted by Crippen LogP contribution is 2.26. The lowest BCUT2D eigenvalue weighted by atomic mass is 10.1. The van der Waals surface area contributed by atoms with Crippen LogP contribution in [0, 0.1) is 0 Å². The number of aromatic nitrogens is 1. The van der Waals surface area contributed by atoms with Gasteiger partial charge in [-0.1, -0.05) is 30.3 Å². The van der Waals surface area contributed by atoms with E-state index in [4.69, 9.17) is 0 Å². The van der Waals surface area contributed by atoms with Crippen molar-refractivity contribution >= 4 is 28.1 Å². The van der Waals surface area contributed by atoms with Gasteiger partial charge in [0.25, 0.3) is 0 Å². The Morgan fingerprint density at radius 2 is 1.80 bits per heavy atom. The van der Waals surface area contributed by atoms with Crippen LogP contribution in [0.15, 0.2) is 60.0 Å². The van der Waals surface area contributed by atoms with Gasteiger partial charge in [0.15, 0.2) is 5.13 Å². The first-order valence-corrected chi connectivity index (χ1v) is 10.1. The number of ether oxygens (including phenoxy) is 1. The summed E-state index contributed by atoms with van der Waals surface area (Å²) in [6, 6.07) is 15.4. The number of carbonyl (C=O) groups is 1. The fourth-order valence-corrected chi connectivity index (χ4v) is 3.43. The molecule has 158 valence electrons. The zero-order valence-electron chi connectivity index (χ0n) is 15.9. The van der Waals surface area contributed by atoms with Crippen molar-refractivity contribution in [2.45, 2.75) is 25.6 Å². The number of hydrogen-bond donors (Lipinski definition) is 2. The molecule has 0 saturated heterocycles. The van der Waals surface area contributed by atoms with E-state index in [2.05, 4.69) is 32.5 Å². The van der Waals surface area contributed by atoms with Crippen molar-refractivity contribution in [3.63, 3.8) is 0 Å². The zero-order valence-corrected chi connectivity index (χ0v) is 16.7. The van der Waals surface area contributed by atoms with Crippen LogP contribution in [-0.2, 0) is 17.6 Å². The van der Waals surface area contributed by atoms with Crippen LogP contribution in [0.4, 0.5) is 24.0 Å². The summed E-state index contributed by atoms with van der Waals surface area (Å²) >= 11 is 1.31. The molecule has 3 rings (SSSR count). The summed E-state index contributed by atoms with van der Waals surface area (Å²) in [6.45, 7) is 0.593. The standard InChI is InChI=1S/C21H20F3N3O2S/c22-21(23,24)29-18-10-8-16(9-11-18)26-20-27-17(14-30-20)13-19(28)25-12-4-7-15-5-2-1-3-6-15/h1-3,5-6,8-11,14H,4,7,12-13H2,(H,25,28)(H,26,27). The Morgan fingerprint density at radius 1 is 1.07 bits per heavy atom. The van der Waals surface area contributed by atoms with Gasteiger partial charge in [-0.15, -0.1) is 24.5 Å². The number of thiazole rings is 1. The van der Waals surface area contributed by atoms with Crippen LogP contribution in [0.1, 0.15) is 17.7 Å². The Kier molecular flexibility index (Phi) is 7.29. The molecule has 30 heavy (non-hydrogen) atoms. The van der Waals surface area contributed by atoms with Gasteiger partial charge in [0.1, 0.15) is 5.75 Å². The van der Waals surface area contributed by atoms with Crippen LogP contribution in [0.3, 0.4) is 0 Å². The monoisotopic (exact) mass is 435 g/mol. The van der Waals surface area contributed by atoms with Crippen LogP contribution >= 0.6 is 11.3 Å². The first-order valence-electron chi connectivity index (χ1n) is 9.25. The van der Waals surface area contributed by atoms with Gasteiger partial charge in [0.05, 0.1) is 12.1 Å². The molecule has 1 amide bonds. The summed E-state index contributed by atoms with van der Waals surface area (Å²) < 4.78 is 40.4. The van der Waals surface area contributed by atoms with Crippen LogP contribution in [-0.4, -0.2) is 23.8 Å². The Bertz CT molecular complexity index is 944. The number of halogens is 3. The smallest absolute Gasteiger partial charge is 0.406 e. The normalized spacial score (nSPS) is 11.2. The van der Waals surface area contributed by atoms with Gasteiger partial charge in [-0.25, -0.2) is 4.98 Å². The second kappa shape index (κ2) is 10.1. The van der Waals surface area contributed by atoms with Gasteiger partial charge in [-0.2, -0.15) is 0 Å². The molecule has 0 saturated carbocycles.